The van der Waals surface area contributed by atoms with Crippen molar-refractivity contribution in [3.8, 4) is 0 Å². The number of hydrogen-bond donors (Lipinski definition) is 0. The highest BCUT2D eigenvalue weighted by Gasteiger charge is 2.25. The molecule has 0 radical (unpaired) electrons. The number of hydrogen-bond acceptors (Lipinski definition) is 3. The summed E-state index contributed by atoms with van der Waals surface area (Å²) in [4.78, 5) is 17.0. The van der Waals surface area contributed by atoms with Gasteiger partial charge < -0.3 is 14.2 Å². The Morgan fingerprint density at radius 2 is 1.87 bits per heavy atom. The zero-order chi connectivity index (χ0) is 21.1. The zero-order valence-electron chi connectivity index (χ0n) is 17.7. The van der Waals surface area contributed by atoms with Crippen LogP contribution >= 0.6 is 24.0 Å². The number of amides is 1. The fraction of sp³-hybridized carbons (Fsp3) is 0.240. The van der Waals surface area contributed by atoms with Crippen LogP contribution in [-0.2, 0) is 19.5 Å². The summed E-state index contributed by atoms with van der Waals surface area (Å²) in [6, 6.07) is 17.5. The number of halogens is 2. The van der Waals surface area contributed by atoms with Gasteiger partial charge in [-0.15, -0.1) is 12.4 Å². The average molecular weight is 457 g/mol. The molecule has 0 aliphatic carbocycles. The lowest BCUT2D eigenvalue weighted by Crippen LogP contribution is -2.35. The summed E-state index contributed by atoms with van der Waals surface area (Å²) in [6.07, 6.45) is 4.74. The lowest BCUT2D eigenvalue weighted by atomic mass is 10.1. The van der Waals surface area contributed by atoms with Gasteiger partial charge in [-0.05, 0) is 49.5 Å². The molecule has 1 aliphatic heterocycles. The first kappa shape index (κ1) is 23.1. The average Bonchev–Trinajstić information content (AvgIpc) is 3.13. The smallest absolute Gasteiger partial charge is 0.254 e. The highest BCUT2D eigenvalue weighted by molar-refractivity contribution is 6.32. The van der Waals surface area contributed by atoms with E-state index in [4.69, 9.17) is 16.0 Å². The molecule has 0 unspecified atom stereocenters. The molecule has 4 rings (SSSR count). The molecule has 6 heteroatoms. The van der Waals surface area contributed by atoms with Crippen LogP contribution in [0.25, 0.3) is 12.2 Å². The molecule has 162 valence electrons. The summed E-state index contributed by atoms with van der Waals surface area (Å²) >= 11 is 6.19. The normalized spacial score (nSPS) is 13.4. The van der Waals surface area contributed by atoms with Crippen molar-refractivity contribution in [3.05, 3.63) is 93.4 Å². The van der Waals surface area contributed by atoms with Crippen molar-refractivity contribution in [2.24, 2.45) is 0 Å². The van der Waals surface area contributed by atoms with E-state index in [1.807, 2.05) is 79.7 Å². The molecule has 0 N–H and O–H groups in total. The van der Waals surface area contributed by atoms with Crippen LogP contribution < -0.4 is 0 Å². The third-order valence-electron chi connectivity index (χ3n) is 5.20. The van der Waals surface area contributed by atoms with E-state index in [1.54, 1.807) is 0 Å². The monoisotopic (exact) mass is 456 g/mol. The van der Waals surface area contributed by atoms with E-state index in [1.165, 1.54) is 0 Å². The van der Waals surface area contributed by atoms with Crippen molar-refractivity contribution >= 4 is 42.1 Å². The Morgan fingerprint density at radius 1 is 1.13 bits per heavy atom. The van der Waals surface area contributed by atoms with E-state index in [2.05, 4.69) is 11.0 Å². The second kappa shape index (κ2) is 10.2. The summed E-state index contributed by atoms with van der Waals surface area (Å²) in [5.74, 6) is 2.02. The maximum absolute atomic E-state index is 13.0. The van der Waals surface area contributed by atoms with Gasteiger partial charge in [-0.25, -0.2) is 0 Å². The van der Waals surface area contributed by atoms with E-state index < -0.39 is 0 Å². The van der Waals surface area contributed by atoms with E-state index in [-0.39, 0.29) is 18.3 Å². The number of carbonyl (C=O) groups is 1. The molecule has 0 atom stereocenters. The molecular weight excluding hydrogens is 431 g/mol. The maximum Gasteiger partial charge on any atom is 0.254 e. The molecule has 4 nitrogen and oxygen atoms in total. The third-order valence-corrected chi connectivity index (χ3v) is 5.54. The first-order valence-electron chi connectivity index (χ1n) is 10.1. The number of nitrogens with zero attached hydrogens (tertiary/aromatic N) is 2. The zero-order valence-corrected chi connectivity index (χ0v) is 19.2. The van der Waals surface area contributed by atoms with Gasteiger partial charge in [-0.3, -0.25) is 4.79 Å². The predicted molar refractivity (Wildman–Crippen MR) is 129 cm³/mol. The van der Waals surface area contributed by atoms with Crippen molar-refractivity contribution < 1.29 is 9.21 Å². The van der Waals surface area contributed by atoms with Gasteiger partial charge in [-0.2, -0.15) is 0 Å². The fourth-order valence-electron chi connectivity index (χ4n) is 3.67. The van der Waals surface area contributed by atoms with Crippen LogP contribution in [0.1, 0.15) is 38.6 Å². The van der Waals surface area contributed by atoms with Gasteiger partial charge in [0.1, 0.15) is 11.5 Å². The van der Waals surface area contributed by atoms with Crippen molar-refractivity contribution in [2.75, 3.05) is 20.6 Å². The van der Waals surface area contributed by atoms with Crippen LogP contribution in [0.3, 0.4) is 0 Å². The molecule has 0 spiro atoms. The summed E-state index contributed by atoms with van der Waals surface area (Å²) in [7, 11) is 4.04. The van der Waals surface area contributed by atoms with Crippen molar-refractivity contribution in [1.29, 1.82) is 0 Å². The summed E-state index contributed by atoms with van der Waals surface area (Å²) in [5, 5.41) is 0.720. The second-order valence-electron chi connectivity index (χ2n) is 7.85. The Bertz CT molecular complexity index is 1070. The highest BCUT2D eigenvalue weighted by atomic mass is 35.5. The van der Waals surface area contributed by atoms with Gasteiger partial charge >= 0.3 is 0 Å². The van der Waals surface area contributed by atoms with Crippen LogP contribution in [-0.4, -0.2) is 36.3 Å². The van der Waals surface area contributed by atoms with Gasteiger partial charge in [0.2, 0.25) is 0 Å². The minimum absolute atomic E-state index is 0. The van der Waals surface area contributed by atoms with Gasteiger partial charge in [0, 0.05) is 35.7 Å². The van der Waals surface area contributed by atoms with Gasteiger partial charge in [-0.1, -0.05) is 54.1 Å². The Labute approximate surface area is 194 Å². The lowest BCUT2D eigenvalue weighted by Gasteiger charge is -2.26. The largest absolute Gasteiger partial charge is 0.464 e. The topological polar surface area (TPSA) is 36.7 Å². The number of rotatable bonds is 5. The van der Waals surface area contributed by atoms with Crippen LogP contribution in [0, 0.1) is 0 Å². The Kier molecular flexibility index (Phi) is 7.60. The maximum atomic E-state index is 13.0. The summed E-state index contributed by atoms with van der Waals surface area (Å²) in [5.41, 5.74) is 3.81. The van der Waals surface area contributed by atoms with Crippen LogP contribution in [0.2, 0.25) is 5.02 Å². The minimum atomic E-state index is 0. The van der Waals surface area contributed by atoms with E-state index in [9.17, 15) is 4.79 Å². The number of carbonyl (C=O) groups excluding carboxylic acids is 1. The van der Waals surface area contributed by atoms with Crippen molar-refractivity contribution in [3.63, 3.8) is 0 Å². The Morgan fingerprint density at radius 3 is 2.58 bits per heavy atom. The fourth-order valence-corrected chi connectivity index (χ4v) is 3.87. The molecule has 1 amide bonds. The standard InChI is InChI=1S/C25H25ClN2O2.ClH/c1-27(2)17-22-15-21-16-28(14-13-24(21)30-22)25(29)20-11-8-18(9-12-20)7-10-19-5-3-4-6-23(19)26;/h3-12,15H,13-14,16-17H2,1-2H3;1H. The first-order valence-corrected chi connectivity index (χ1v) is 10.4. The van der Waals surface area contributed by atoms with Gasteiger partial charge in [0.05, 0.1) is 6.54 Å². The number of furan rings is 1. The SMILES string of the molecule is CN(C)Cc1cc2c(o1)CCN(C(=O)c1ccc(C=Cc3ccccc3Cl)cc1)C2.Cl. The molecule has 1 aliphatic rings. The Hall–Kier alpha value is -2.53. The highest BCUT2D eigenvalue weighted by Crippen LogP contribution is 2.25. The minimum Gasteiger partial charge on any atom is -0.464 e. The molecule has 31 heavy (non-hydrogen) atoms. The second-order valence-corrected chi connectivity index (χ2v) is 8.26. The van der Waals surface area contributed by atoms with Crippen LogP contribution in [0.5, 0.6) is 0 Å². The quantitative estimate of drug-likeness (QED) is 0.456. The molecule has 0 fully saturated rings. The lowest BCUT2D eigenvalue weighted by molar-refractivity contribution is 0.0729. The first-order chi connectivity index (χ1) is 14.5. The number of benzene rings is 2. The van der Waals surface area contributed by atoms with Gasteiger partial charge in [0.15, 0.2) is 0 Å². The molecule has 3 aromatic rings. The number of fused-ring (bicyclic) bond motifs is 1. The summed E-state index contributed by atoms with van der Waals surface area (Å²) in [6.45, 7) is 2.04. The molecule has 2 aromatic carbocycles. The van der Waals surface area contributed by atoms with E-state index in [0.717, 1.165) is 46.2 Å². The Balaban J connectivity index is 0.00000272. The molecule has 0 saturated carbocycles. The molecule has 2 heterocycles. The molecule has 1 aromatic heterocycles. The molecular formula is C25H26Cl2N2O2. The predicted octanol–water partition coefficient (Wildman–Crippen LogP) is 5.79. The summed E-state index contributed by atoms with van der Waals surface area (Å²) < 4.78 is 5.94. The van der Waals surface area contributed by atoms with Crippen molar-refractivity contribution in [1.82, 2.24) is 9.80 Å². The molecule has 0 saturated heterocycles. The van der Waals surface area contributed by atoms with E-state index >= 15 is 0 Å². The third kappa shape index (κ3) is 5.59. The van der Waals surface area contributed by atoms with Crippen molar-refractivity contribution in [2.45, 2.75) is 19.5 Å². The molecule has 0 bridgehead atoms. The van der Waals surface area contributed by atoms with Crippen LogP contribution in [0.4, 0.5) is 0 Å². The van der Waals surface area contributed by atoms with Gasteiger partial charge in [0.25, 0.3) is 5.91 Å². The van der Waals surface area contributed by atoms with Crippen LogP contribution in [0.15, 0.2) is 59.0 Å². The van der Waals surface area contributed by atoms with E-state index in [0.29, 0.717) is 18.7 Å².